The monoisotopic (exact) mass is 1090 g/mol. The van der Waals surface area contributed by atoms with Crippen LogP contribution in [0.2, 0.25) is 0 Å². The van der Waals surface area contributed by atoms with Crippen LogP contribution in [-0.2, 0) is 14.3 Å². The first-order valence-electron chi connectivity index (χ1n) is 34.9. The van der Waals surface area contributed by atoms with E-state index in [1.54, 1.807) is 6.08 Å². The van der Waals surface area contributed by atoms with Crippen molar-refractivity contribution in [3.8, 4) is 0 Å². The fraction of sp³-hybridized carbons (Fsp3) is 0.861. The highest BCUT2D eigenvalue weighted by Crippen LogP contribution is 2.18. The van der Waals surface area contributed by atoms with Crippen molar-refractivity contribution < 1.29 is 24.5 Å². The molecule has 0 bridgehead atoms. The van der Waals surface area contributed by atoms with Crippen LogP contribution in [0.1, 0.15) is 373 Å². The summed E-state index contributed by atoms with van der Waals surface area (Å²) in [5, 5.41) is 23.0. The van der Waals surface area contributed by atoms with Crippen molar-refractivity contribution in [2.75, 3.05) is 13.2 Å². The first kappa shape index (κ1) is 75.8. The molecule has 0 rings (SSSR count). The number of ether oxygens (including phenoxy) is 1. The van der Waals surface area contributed by atoms with Crippen LogP contribution in [0.3, 0.4) is 0 Å². The van der Waals surface area contributed by atoms with Gasteiger partial charge in [0.15, 0.2) is 0 Å². The van der Waals surface area contributed by atoms with Crippen molar-refractivity contribution in [1.82, 2.24) is 5.32 Å². The van der Waals surface area contributed by atoms with Crippen LogP contribution in [-0.4, -0.2) is 47.4 Å². The lowest BCUT2D eigenvalue weighted by atomic mass is 10.0. The van der Waals surface area contributed by atoms with Crippen molar-refractivity contribution in [3.05, 3.63) is 48.6 Å². The molecule has 78 heavy (non-hydrogen) atoms. The molecule has 0 fully saturated rings. The van der Waals surface area contributed by atoms with Gasteiger partial charge in [-0.15, -0.1) is 0 Å². The first-order valence-corrected chi connectivity index (χ1v) is 34.9. The van der Waals surface area contributed by atoms with Crippen LogP contribution in [0.25, 0.3) is 0 Å². The SMILES string of the molecule is CCCCC/C=C\CCCCCCCC(=O)OCCCCCCCCCCCCCCCCC/C=C\C/C=C\CCCCCCCCCCCCCCCCCCCC(=O)NC(CO)C(O)/C=C/CCCCCCCCCC. The van der Waals surface area contributed by atoms with Gasteiger partial charge in [0, 0.05) is 12.8 Å². The maximum atomic E-state index is 12.4. The quantitative estimate of drug-likeness (QED) is 0.0320. The third-order valence-electron chi connectivity index (χ3n) is 16.1. The van der Waals surface area contributed by atoms with Gasteiger partial charge in [0.2, 0.25) is 5.91 Å². The molecule has 0 aliphatic heterocycles. The molecule has 0 aromatic heterocycles. The van der Waals surface area contributed by atoms with Crippen LogP contribution in [0.4, 0.5) is 0 Å². The van der Waals surface area contributed by atoms with Gasteiger partial charge in [-0.25, -0.2) is 0 Å². The van der Waals surface area contributed by atoms with Gasteiger partial charge in [-0.1, -0.05) is 319 Å². The standard InChI is InChI=1S/C72H135NO5/c1-3-5-7-9-11-13-15-46-50-54-58-62-66-72(77)78-67-63-59-55-51-47-44-42-40-38-36-34-32-30-28-26-24-22-20-18-16-17-19-21-23-25-27-29-31-33-35-37-39-41-43-45-49-53-57-61-65-71(76)73-69(68-74)70(75)64-60-56-52-48-14-12-10-8-6-4-2/h11,13,16-17,20,22,60,64,69-70,74-75H,3-10,12,14-15,18-19,21,23-59,61-63,65-68H2,1-2H3,(H,73,76)/b13-11-,17-16-,22-20-,64-60+. The largest absolute Gasteiger partial charge is 0.466 e. The van der Waals surface area contributed by atoms with Gasteiger partial charge in [-0.2, -0.15) is 0 Å². The predicted octanol–water partition coefficient (Wildman–Crippen LogP) is 22.5. The molecule has 458 valence electrons. The molecule has 1 amide bonds. The number of aliphatic hydroxyl groups is 2. The molecular formula is C72H135NO5. The predicted molar refractivity (Wildman–Crippen MR) is 342 cm³/mol. The van der Waals surface area contributed by atoms with Gasteiger partial charge >= 0.3 is 5.97 Å². The van der Waals surface area contributed by atoms with Gasteiger partial charge in [0.05, 0.1) is 25.4 Å². The van der Waals surface area contributed by atoms with Crippen molar-refractivity contribution in [3.63, 3.8) is 0 Å². The van der Waals surface area contributed by atoms with Gasteiger partial charge in [0.25, 0.3) is 0 Å². The van der Waals surface area contributed by atoms with Crippen molar-refractivity contribution in [2.24, 2.45) is 0 Å². The number of carbonyl (C=O) groups excluding carboxylic acids is 2. The summed E-state index contributed by atoms with van der Waals surface area (Å²) in [4.78, 5) is 24.4. The zero-order valence-electron chi connectivity index (χ0n) is 52.4. The molecule has 0 saturated heterocycles. The van der Waals surface area contributed by atoms with E-state index in [4.69, 9.17) is 4.74 Å². The first-order chi connectivity index (χ1) is 38.5. The second-order valence-electron chi connectivity index (χ2n) is 23.9. The fourth-order valence-electron chi connectivity index (χ4n) is 10.7. The number of carbonyl (C=O) groups is 2. The van der Waals surface area contributed by atoms with E-state index in [1.807, 2.05) is 6.08 Å². The maximum Gasteiger partial charge on any atom is 0.305 e. The average molecular weight is 1090 g/mol. The summed E-state index contributed by atoms with van der Waals surface area (Å²) < 4.78 is 5.47. The summed E-state index contributed by atoms with van der Waals surface area (Å²) in [6, 6.07) is -0.624. The summed E-state index contributed by atoms with van der Waals surface area (Å²) >= 11 is 0. The zero-order valence-corrected chi connectivity index (χ0v) is 52.4. The number of allylic oxidation sites excluding steroid dienone is 7. The summed E-state index contributed by atoms with van der Waals surface area (Å²) in [5.41, 5.74) is 0. The number of hydrogen-bond acceptors (Lipinski definition) is 5. The Morgan fingerprint density at radius 2 is 0.641 bits per heavy atom. The summed E-state index contributed by atoms with van der Waals surface area (Å²) in [5.74, 6) is -0.0561. The second kappa shape index (κ2) is 67.3. The molecule has 0 saturated carbocycles. The lowest BCUT2D eigenvalue weighted by molar-refractivity contribution is -0.143. The Bertz CT molecular complexity index is 1310. The van der Waals surface area contributed by atoms with E-state index in [2.05, 4.69) is 55.6 Å². The Morgan fingerprint density at radius 3 is 1.01 bits per heavy atom. The number of hydrogen-bond donors (Lipinski definition) is 3. The van der Waals surface area contributed by atoms with E-state index in [9.17, 15) is 19.8 Å². The Kier molecular flexibility index (Phi) is 65.4. The van der Waals surface area contributed by atoms with Gasteiger partial charge in [-0.3, -0.25) is 9.59 Å². The number of unbranched alkanes of at least 4 members (excludes halogenated alkanes) is 48. The number of nitrogens with one attached hydrogen (secondary N) is 1. The molecule has 6 heteroatoms. The Morgan fingerprint density at radius 1 is 0.359 bits per heavy atom. The van der Waals surface area contributed by atoms with E-state index >= 15 is 0 Å². The molecule has 0 aliphatic carbocycles. The highest BCUT2D eigenvalue weighted by atomic mass is 16.5. The topological polar surface area (TPSA) is 95.9 Å². The lowest BCUT2D eigenvalue weighted by Gasteiger charge is -2.20. The molecule has 0 radical (unpaired) electrons. The van der Waals surface area contributed by atoms with E-state index in [-0.39, 0.29) is 18.5 Å². The van der Waals surface area contributed by atoms with Crippen molar-refractivity contribution in [2.45, 2.75) is 386 Å². The number of aliphatic hydroxyl groups excluding tert-OH is 2. The Hall–Kier alpha value is -2.18. The second-order valence-corrected chi connectivity index (χ2v) is 23.9. The number of esters is 1. The summed E-state index contributed by atoms with van der Waals surface area (Å²) in [6.07, 6.45) is 87.9. The molecule has 3 N–H and O–H groups in total. The van der Waals surface area contributed by atoms with E-state index in [1.165, 1.54) is 295 Å². The summed E-state index contributed by atoms with van der Waals surface area (Å²) in [7, 11) is 0. The van der Waals surface area contributed by atoms with Crippen LogP contribution < -0.4 is 5.32 Å². The lowest BCUT2D eigenvalue weighted by Crippen LogP contribution is -2.45. The number of rotatable bonds is 65. The molecule has 0 spiro atoms. The molecule has 0 heterocycles. The highest BCUT2D eigenvalue weighted by molar-refractivity contribution is 5.76. The molecule has 0 aromatic carbocycles. The van der Waals surface area contributed by atoms with E-state index in [0.717, 1.165) is 51.4 Å². The van der Waals surface area contributed by atoms with Crippen LogP contribution in [0.5, 0.6) is 0 Å². The Balaban J connectivity index is 3.34. The summed E-state index contributed by atoms with van der Waals surface area (Å²) in [6.45, 7) is 4.87. The van der Waals surface area contributed by atoms with E-state index in [0.29, 0.717) is 19.4 Å². The Labute approximate surface area is 486 Å². The van der Waals surface area contributed by atoms with Crippen LogP contribution in [0.15, 0.2) is 48.6 Å². The molecule has 0 aliphatic rings. The minimum Gasteiger partial charge on any atom is -0.466 e. The molecule has 2 atom stereocenters. The van der Waals surface area contributed by atoms with Crippen molar-refractivity contribution >= 4 is 11.9 Å². The molecule has 0 aromatic rings. The van der Waals surface area contributed by atoms with Crippen LogP contribution in [0, 0.1) is 0 Å². The molecule has 2 unspecified atom stereocenters. The minimum absolute atomic E-state index is 0.00985. The maximum absolute atomic E-state index is 12.4. The fourth-order valence-corrected chi connectivity index (χ4v) is 10.7. The molecule has 6 nitrogen and oxygen atoms in total. The third-order valence-corrected chi connectivity index (χ3v) is 16.1. The van der Waals surface area contributed by atoms with Gasteiger partial charge in [-0.05, 0) is 89.9 Å². The smallest absolute Gasteiger partial charge is 0.305 e. The van der Waals surface area contributed by atoms with Gasteiger partial charge < -0.3 is 20.3 Å². The zero-order chi connectivity index (χ0) is 56.4. The van der Waals surface area contributed by atoms with Crippen molar-refractivity contribution in [1.29, 1.82) is 0 Å². The van der Waals surface area contributed by atoms with Crippen LogP contribution >= 0.6 is 0 Å². The third kappa shape index (κ3) is 63.0. The van der Waals surface area contributed by atoms with Gasteiger partial charge in [0.1, 0.15) is 0 Å². The minimum atomic E-state index is -0.840. The number of amides is 1. The normalized spacial score (nSPS) is 12.8. The highest BCUT2D eigenvalue weighted by Gasteiger charge is 2.18. The molecular weight excluding hydrogens is 959 g/mol. The van der Waals surface area contributed by atoms with E-state index < -0.39 is 12.1 Å². The average Bonchev–Trinajstić information content (AvgIpc) is 3.44.